The van der Waals surface area contributed by atoms with Crippen LogP contribution in [0.5, 0.6) is 0 Å². The van der Waals surface area contributed by atoms with Gasteiger partial charge < -0.3 is 9.47 Å². The lowest BCUT2D eigenvalue weighted by Crippen LogP contribution is -2.17. The van der Waals surface area contributed by atoms with Gasteiger partial charge in [-0.2, -0.15) is 0 Å². The van der Waals surface area contributed by atoms with Crippen molar-refractivity contribution in [3.8, 4) is 5.69 Å². The van der Waals surface area contributed by atoms with E-state index in [1.807, 2.05) is 19.4 Å². The number of imidazole rings is 1. The lowest BCUT2D eigenvalue weighted by atomic mass is 10.2. The summed E-state index contributed by atoms with van der Waals surface area (Å²) in [6, 6.07) is 8.73. The van der Waals surface area contributed by atoms with Crippen LogP contribution in [0.25, 0.3) is 5.69 Å². The first-order valence-electron chi connectivity index (χ1n) is 6.19. The summed E-state index contributed by atoms with van der Waals surface area (Å²) in [6.45, 7) is 4.40. The predicted molar refractivity (Wildman–Crippen MR) is 69.7 cm³/mol. The number of hydrogen-bond donors (Lipinski definition) is 0. The van der Waals surface area contributed by atoms with E-state index in [4.69, 9.17) is 0 Å². The Morgan fingerprint density at radius 1 is 1.00 bits per heavy atom. The van der Waals surface area contributed by atoms with Crippen molar-refractivity contribution in [2.45, 2.75) is 19.8 Å². The minimum atomic E-state index is 1.05. The van der Waals surface area contributed by atoms with Crippen molar-refractivity contribution in [1.29, 1.82) is 0 Å². The van der Waals surface area contributed by atoms with Gasteiger partial charge in [0.25, 0.3) is 0 Å². The van der Waals surface area contributed by atoms with E-state index in [2.05, 4.69) is 38.7 Å². The smallest absolute Gasteiger partial charge is 0.0995 e. The summed E-state index contributed by atoms with van der Waals surface area (Å²) < 4.78 is 2.06. The number of anilines is 1. The molecule has 0 atom stereocenters. The number of hydrogen-bond acceptors (Lipinski definition) is 2. The average molecular weight is 227 g/mol. The van der Waals surface area contributed by atoms with E-state index in [0.29, 0.717) is 0 Å². The van der Waals surface area contributed by atoms with Crippen LogP contribution in [0.15, 0.2) is 36.8 Å². The van der Waals surface area contributed by atoms with Crippen LogP contribution in [-0.2, 0) is 0 Å². The van der Waals surface area contributed by atoms with E-state index in [1.165, 1.54) is 37.3 Å². The molecule has 1 aromatic heterocycles. The zero-order valence-electron chi connectivity index (χ0n) is 10.1. The maximum Gasteiger partial charge on any atom is 0.0995 e. The average Bonchev–Trinajstić information content (AvgIpc) is 3.00. The van der Waals surface area contributed by atoms with Crippen molar-refractivity contribution in [1.82, 2.24) is 9.55 Å². The normalized spacial score (nSPS) is 15.5. The van der Waals surface area contributed by atoms with Crippen LogP contribution in [0, 0.1) is 6.92 Å². The maximum absolute atomic E-state index is 4.25. The molecule has 1 aliphatic heterocycles. The molecule has 2 heterocycles. The topological polar surface area (TPSA) is 21.1 Å². The molecular weight excluding hydrogens is 210 g/mol. The molecule has 0 bridgehead atoms. The molecule has 1 aromatic carbocycles. The molecule has 0 amide bonds. The van der Waals surface area contributed by atoms with Gasteiger partial charge in [0.15, 0.2) is 0 Å². The standard InChI is InChI=1S/C14H17N3/c1-12-10-17(11-15-12)14-6-4-13(5-7-14)16-8-2-3-9-16/h4-7,10-11H,2-3,8-9H2,1H3. The molecule has 0 aliphatic carbocycles. The fourth-order valence-corrected chi connectivity index (χ4v) is 2.37. The van der Waals surface area contributed by atoms with Gasteiger partial charge in [-0.15, -0.1) is 0 Å². The summed E-state index contributed by atoms with van der Waals surface area (Å²) in [5.74, 6) is 0. The van der Waals surface area contributed by atoms with Gasteiger partial charge in [-0.25, -0.2) is 4.98 Å². The molecule has 17 heavy (non-hydrogen) atoms. The minimum Gasteiger partial charge on any atom is -0.372 e. The van der Waals surface area contributed by atoms with Crippen LogP contribution >= 0.6 is 0 Å². The van der Waals surface area contributed by atoms with Crippen LogP contribution in [0.3, 0.4) is 0 Å². The fourth-order valence-electron chi connectivity index (χ4n) is 2.37. The zero-order chi connectivity index (χ0) is 11.7. The first kappa shape index (κ1) is 10.4. The van der Waals surface area contributed by atoms with Crippen LogP contribution in [0.1, 0.15) is 18.5 Å². The number of rotatable bonds is 2. The number of nitrogens with zero attached hydrogens (tertiary/aromatic N) is 3. The van der Waals surface area contributed by atoms with Gasteiger partial charge >= 0.3 is 0 Å². The van der Waals surface area contributed by atoms with Crippen molar-refractivity contribution >= 4 is 5.69 Å². The molecule has 1 saturated heterocycles. The zero-order valence-corrected chi connectivity index (χ0v) is 10.1. The van der Waals surface area contributed by atoms with Gasteiger partial charge in [0.1, 0.15) is 0 Å². The molecule has 0 spiro atoms. The highest BCUT2D eigenvalue weighted by molar-refractivity contribution is 5.51. The largest absolute Gasteiger partial charge is 0.372 e. The van der Waals surface area contributed by atoms with Crippen LogP contribution in [0.4, 0.5) is 5.69 Å². The molecule has 0 radical (unpaired) electrons. The van der Waals surface area contributed by atoms with Crippen molar-refractivity contribution in [3.05, 3.63) is 42.5 Å². The lowest BCUT2D eigenvalue weighted by Gasteiger charge is -2.17. The Kier molecular flexibility index (Phi) is 2.59. The van der Waals surface area contributed by atoms with Crippen molar-refractivity contribution in [3.63, 3.8) is 0 Å². The third kappa shape index (κ3) is 2.05. The van der Waals surface area contributed by atoms with Crippen molar-refractivity contribution < 1.29 is 0 Å². The lowest BCUT2D eigenvalue weighted by molar-refractivity contribution is 0.949. The second kappa shape index (κ2) is 4.24. The summed E-state index contributed by atoms with van der Waals surface area (Å²) in [5.41, 5.74) is 3.56. The number of aryl methyl sites for hydroxylation is 1. The highest BCUT2D eigenvalue weighted by atomic mass is 15.1. The maximum atomic E-state index is 4.25. The van der Waals surface area contributed by atoms with E-state index in [9.17, 15) is 0 Å². The van der Waals surface area contributed by atoms with Crippen molar-refractivity contribution in [2.75, 3.05) is 18.0 Å². The Morgan fingerprint density at radius 3 is 2.24 bits per heavy atom. The molecule has 1 aliphatic rings. The van der Waals surface area contributed by atoms with E-state index in [0.717, 1.165) is 5.69 Å². The van der Waals surface area contributed by atoms with E-state index < -0.39 is 0 Å². The van der Waals surface area contributed by atoms with E-state index in [1.54, 1.807) is 0 Å². The number of benzene rings is 1. The third-order valence-corrected chi connectivity index (χ3v) is 3.33. The Labute approximate surface area is 102 Å². The molecule has 3 rings (SSSR count). The van der Waals surface area contributed by atoms with Gasteiger partial charge in [-0.3, -0.25) is 0 Å². The summed E-state index contributed by atoms with van der Waals surface area (Å²) in [7, 11) is 0. The van der Waals surface area contributed by atoms with Crippen molar-refractivity contribution in [2.24, 2.45) is 0 Å². The van der Waals surface area contributed by atoms with Gasteiger partial charge in [0.05, 0.1) is 12.0 Å². The molecule has 0 unspecified atom stereocenters. The highest BCUT2D eigenvalue weighted by Crippen LogP contribution is 2.21. The molecule has 3 nitrogen and oxygen atoms in total. The minimum absolute atomic E-state index is 1.05. The molecule has 0 N–H and O–H groups in total. The monoisotopic (exact) mass is 227 g/mol. The Bertz CT molecular complexity index is 492. The quantitative estimate of drug-likeness (QED) is 0.786. The van der Waals surface area contributed by atoms with Gasteiger partial charge in [0, 0.05) is 30.7 Å². The second-order valence-corrected chi connectivity index (χ2v) is 4.63. The fraction of sp³-hybridized carbons (Fsp3) is 0.357. The summed E-state index contributed by atoms with van der Waals surface area (Å²) in [5, 5.41) is 0. The summed E-state index contributed by atoms with van der Waals surface area (Å²) >= 11 is 0. The first-order valence-corrected chi connectivity index (χ1v) is 6.19. The molecular formula is C14H17N3. The molecule has 1 fully saturated rings. The first-order chi connectivity index (χ1) is 8.33. The van der Waals surface area contributed by atoms with Crippen LogP contribution in [-0.4, -0.2) is 22.6 Å². The Hall–Kier alpha value is -1.77. The van der Waals surface area contributed by atoms with Crippen LogP contribution < -0.4 is 4.90 Å². The molecule has 88 valence electrons. The number of aromatic nitrogens is 2. The van der Waals surface area contributed by atoms with Gasteiger partial charge in [-0.1, -0.05) is 0 Å². The van der Waals surface area contributed by atoms with Gasteiger partial charge in [0.2, 0.25) is 0 Å². The van der Waals surface area contributed by atoms with E-state index in [-0.39, 0.29) is 0 Å². The molecule has 3 heteroatoms. The highest BCUT2D eigenvalue weighted by Gasteiger charge is 2.11. The molecule has 2 aromatic rings. The predicted octanol–water partition coefficient (Wildman–Crippen LogP) is 2.78. The molecule has 0 saturated carbocycles. The third-order valence-electron chi connectivity index (χ3n) is 3.33. The summed E-state index contributed by atoms with van der Waals surface area (Å²) in [4.78, 5) is 6.69. The SMILES string of the molecule is Cc1cn(-c2ccc(N3CCCC3)cc2)cn1. The van der Waals surface area contributed by atoms with Crippen LogP contribution in [0.2, 0.25) is 0 Å². The van der Waals surface area contributed by atoms with Gasteiger partial charge in [-0.05, 0) is 44.0 Å². The Balaban J connectivity index is 1.84. The van der Waals surface area contributed by atoms with E-state index >= 15 is 0 Å². The summed E-state index contributed by atoms with van der Waals surface area (Å²) in [6.07, 6.45) is 6.55. The second-order valence-electron chi connectivity index (χ2n) is 4.63. The Morgan fingerprint density at radius 2 is 1.65 bits per heavy atom.